The van der Waals surface area contributed by atoms with Gasteiger partial charge in [0, 0.05) is 4.47 Å². The first-order chi connectivity index (χ1) is 10.6. The molecule has 2 unspecified atom stereocenters. The van der Waals surface area contributed by atoms with E-state index in [1.165, 1.54) is 0 Å². The lowest BCUT2D eigenvalue weighted by molar-refractivity contribution is 0.0349. The predicted octanol–water partition coefficient (Wildman–Crippen LogP) is 4.21. The second-order valence-corrected chi connectivity index (χ2v) is 6.82. The van der Waals surface area contributed by atoms with Gasteiger partial charge in [0.05, 0.1) is 0 Å². The third-order valence-corrected chi connectivity index (χ3v) is 3.38. The van der Waals surface area contributed by atoms with Crippen LogP contribution in [0.1, 0.15) is 47.1 Å². The number of ether oxygens (including phenoxy) is 1. The van der Waals surface area contributed by atoms with Gasteiger partial charge >= 0.3 is 6.09 Å². The van der Waals surface area contributed by atoms with Crippen LogP contribution in [0.4, 0.5) is 4.79 Å². The summed E-state index contributed by atoms with van der Waals surface area (Å²) in [7, 11) is 0. The third kappa shape index (κ3) is 6.64. The summed E-state index contributed by atoms with van der Waals surface area (Å²) in [6, 6.07) is 7.22. The van der Waals surface area contributed by atoms with Crippen LogP contribution < -0.4 is 5.32 Å². The fourth-order valence-corrected chi connectivity index (χ4v) is 2.19. The number of halogens is 1. The van der Waals surface area contributed by atoms with Gasteiger partial charge in [0.1, 0.15) is 17.2 Å². The van der Waals surface area contributed by atoms with Crippen LogP contribution in [0.25, 0.3) is 0 Å². The minimum Gasteiger partial charge on any atom is -0.444 e. The van der Waals surface area contributed by atoms with Crippen molar-refractivity contribution in [3.63, 3.8) is 0 Å². The molecule has 0 aromatic heterocycles. The van der Waals surface area contributed by atoms with Gasteiger partial charge in [0.15, 0.2) is 0 Å². The van der Waals surface area contributed by atoms with E-state index in [4.69, 9.17) is 11.2 Å². The molecule has 0 bridgehead atoms. The molecule has 1 aromatic carbocycles. The maximum absolute atomic E-state index is 12.0. The largest absolute Gasteiger partial charge is 0.444 e. The lowest BCUT2D eigenvalue weighted by Crippen LogP contribution is -2.52. The molecule has 0 heterocycles. The Morgan fingerprint density at radius 2 is 1.91 bits per heavy atom. The second kappa shape index (κ2) is 8.95. The van der Waals surface area contributed by atoms with E-state index < -0.39 is 23.3 Å². The Kier molecular flexibility index (Phi) is 8.36. The van der Waals surface area contributed by atoms with E-state index in [9.17, 15) is 9.90 Å². The first kappa shape index (κ1) is 21.5. The van der Waals surface area contributed by atoms with E-state index >= 15 is 0 Å². The summed E-state index contributed by atoms with van der Waals surface area (Å²) in [6.45, 7) is 10.9. The minimum absolute atomic E-state index is 0.636. The van der Waals surface area contributed by atoms with E-state index in [0.29, 0.717) is 5.56 Å². The molecule has 23 heavy (non-hydrogen) atoms. The van der Waals surface area contributed by atoms with Crippen LogP contribution in [0.2, 0.25) is 0 Å². The Bertz CT molecular complexity index is 560. The number of aliphatic hydroxyl groups is 1. The van der Waals surface area contributed by atoms with Gasteiger partial charge in [0.2, 0.25) is 0 Å². The van der Waals surface area contributed by atoms with Crippen molar-refractivity contribution in [1.29, 1.82) is 0 Å². The summed E-state index contributed by atoms with van der Waals surface area (Å²) < 4.78 is 6.06. The van der Waals surface area contributed by atoms with E-state index in [1.54, 1.807) is 45.9 Å². The summed E-state index contributed by atoms with van der Waals surface area (Å²) >= 11 is 3.36. The normalized spacial score (nSPS) is 14.4. The molecule has 5 heteroatoms. The topological polar surface area (TPSA) is 58.6 Å². The van der Waals surface area contributed by atoms with E-state index in [2.05, 4.69) is 27.2 Å². The van der Waals surface area contributed by atoms with Crippen molar-refractivity contribution in [1.82, 2.24) is 5.32 Å². The number of aliphatic hydroxyl groups excluding tert-OH is 1. The number of rotatable bonds is 3. The van der Waals surface area contributed by atoms with Gasteiger partial charge < -0.3 is 15.2 Å². The van der Waals surface area contributed by atoms with Crippen molar-refractivity contribution in [2.45, 2.75) is 58.8 Å². The predicted molar refractivity (Wildman–Crippen MR) is 97.1 cm³/mol. The molecule has 0 aliphatic heterocycles. The van der Waals surface area contributed by atoms with Crippen LogP contribution in [0.3, 0.4) is 0 Å². The first-order valence-corrected chi connectivity index (χ1v) is 8.29. The number of carbonyl (C=O) groups is 1. The minimum atomic E-state index is -1.20. The summed E-state index contributed by atoms with van der Waals surface area (Å²) in [4.78, 5) is 12.0. The van der Waals surface area contributed by atoms with Gasteiger partial charge in [-0.2, -0.15) is 0 Å². The van der Waals surface area contributed by atoms with Crippen molar-refractivity contribution >= 4 is 22.0 Å². The van der Waals surface area contributed by atoms with Crippen LogP contribution in [0.15, 0.2) is 28.7 Å². The fourth-order valence-electron chi connectivity index (χ4n) is 1.79. The highest BCUT2D eigenvalue weighted by molar-refractivity contribution is 9.10. The highest BCUT2D eigenvalue weighted by Gasteiger charge is 2.37. The average Bonchev–Trinajstić information content (AvgIpc) is 2.46. The monoisotopic (exact) mass is 383 g/mol. The molecule has 128 valence electrons. The number of terminal acetylenes is 1. The Morgan fingerprint density at radius 1 is 1.35 bits per heavy atom. The number of hydrogen-bond acceptors (Lipinski definition) is 3. The Morgan fingerprint density at radius 3 is 2.35 bits per heavy atom. The fraction of sp³-hybridized carbons (Fsp3) is 0.500. The van der Waals surface area contributed by atoms with Gasteiger partial charge in [-0.25, -0.2) is 4.79 Å². The van der Waals surface area contributed by atoms with Gasteiger partial charge in [-0.05, 0) is 45.4 Å². The number of benzene rings is 1. The maximum Gasteiger partial charge on any atom is 0.408 e. The van der Waals surface area contributed by atoms with Crippen molar-refractivity contribution in [2.24, 2.45) is 0 Å². The molecule has 0 radical (unpaired) electrons. The Labute approximate surface area is 147 Å². The van der Waals surface area contributed by atoms with E-state index in [1.807, 2.05) is 19.9 Å². The number of carbonyl (C=O) groups excluding carboxylic acids is 1. The van der Waals surface area contributed by atoms with Gasteiger partial charge in [-0.15, -0.1) is 6.42 Å². The van der Waals surface area contributed by atoms with E-state index in [-0.39, 0.29) is 0 Å². The average molecular weight is 384 g/mol. The molecule has 2 atom stereocenters. The molecule has 0 saturated carbocycles. The quantitative estimate of drug-likeness (QED) is 0.768. The molecule has 0 spiro atoms. The van der Waals surface area contributed by atoms with E-state index in [0.717, 1.165) is 4.47 Å². The van der Waals surface area contributed by atoms with Crippen molar-refractivity contribution in [3.05, 3.63) is 34.3 Å². The smallest absolute Gasteiger partial charge is 0.408 e. The highest BCUT2D eigenvalue weighted by Crippen LogP contribution is 2.27. The van der Waals surface area contributed by atoms with Crippen molar-refractivity contribution < 1.29 is 14.6 Å². The molecule has 4 nitrogen and oxygen atoms in total. The molecule has 1 rings (SSSR count). The summed E-state index contributed by atoms with van der Waals surface area (Å²) in [5.74, 6) is 2.26. The molecular formula is C18H26BrNO3. The van der Waals surface area contributed by atoms with Crippen LogP contribution in [-0.4, -0.2) is 22.9 Å². The second-order valence-electron chi connectivity index (χ2n) is 5.91. The molecule has 1 aromatic rings. The summed E-state index contributed by atoms with van der Waals surface area (Å²) in [5.41, 5.74) is -1.11. The van der Waals surface area contributed by atoms with Gasteiger partial charge in [-0.3, -0.25) is 0 Å². The number of amides is 1. The van der Waals surface area contributed by atoms with Crippen molar-refractivity contribution in [2.75, 3.05) is 0 Å². The highest BCUT2D eigenvalue weighted by atomic mass is 79.9. The molecule has 0 saturated heterocycles. The molecule has 0 fully saturated rings. The molecule has 0 aliphatic rings. The molecule has 0 aliphatic carbocycles. The van der Waals surface area contributed by atoms with Crippen LogP contribution in [0.5, 0.6) is 0 Å². The summed E-state index contributed by atoms with van der Waals surface area (Å²) in [6.07, 6.45) is 3.50. The number of hydrogen-bond donors (Lipinski definition) is 2. The molecule has 1 amide bonds. The number of alkyl carbamates (subject to hydrolysis) is 1. The molecular weight excluding hydrogens is 358 g/mol. The lowest BCUT2D eigenvalue weighted by Gasteiger charge is -2.34. The zero-order valence-corrected chi connectivity index (χ0v) is 16.2. The number of nitrogens with one attached hydrogen (secondary N) is 1. The van der Waals surface area contributed by atoms with Gasteiger partial charge in [0.25, 0.3) is 0 Å². The Balaban J connectivity index is 0.00000232. The zero-order chi connectivity index (χ0) is 18.3. The van der Waals surface area contributed by atoms with Crippen LogP contribution >= 0.6 is 15.9 Å². The lowest BCUT2D eigenvalue weighted by atomic mass is 9.86. The Hall–Kier alpha value is -1.51. The first-order valence-electron chi connectivity index (χ1n) is 7.50. The summed E-state index contributed by atoms with van der Waals surface area (Å²) in [5, 5.41) is 12.8. The van der Waals surface area contributed by atoms with Crippen LogP contribution in [-0.2, 0) is 10.3 Å². The molecule has 2 N–H and O–H groups in total. The SMILES string of the molecule is C#CC(O)C(C)(NC(=O)OC(C)(C)C)c1cccc(Br)c1.CC. The zero-order valence-electron chi connectivity index (χ0n) is 14.6. The van der Waals surface area contributed by atoms with Gasteiger partial charge in [-0.1, -0.05) is 47.8 Å². The third-order valence-electron chi connectivity index (χ3n) is 2.89. The van der Waals surface area contributed by atoms with Crippen LogP contribution in [0, 0.1) is 12.3 Å². The maximum atomic E-state index is 12.0. The standard InChI is InChI=1S/C16H20BrNO3.C2H6/c1-6-13(19)16(5,11-8-7-9-12(17)10-11)18-14(20)21-15(2,3)4;1-2/h1,7-10,13,19H,2-5H3,(H,18,20);1-2H3. The van der Waals surface area contributed by atoms with Crippen molar-refractivity contribution in [3.8, 4) is 12.3 Å².